The van der Waals surface area contributed by atoms with Gasteiger partial charge in [0.05, 0.1) is 12.9 Å². The van der Waals surface area contributed by atoms with Gasteiger partial charge >= 0.3 is 5.97 Å². The fraction of sp³-hybridized carbons (Fsp3) is 0.231. The molecular weight excluding hydrogens is 440 g/mol. The maximum Gasteiger partial charge on any atom is 0.352 e. The van der Waals surface area contributed by atoms with Gasteiger partial charge in [-0.3, -0.25) is 0 Å². The largest absolute Gasteiger partial charge is 0.477 e. The molecule has 1 atom stereocenters. The van der Waals surface area contributed by atoms with Gasteiger partial charge in [0.1, 0.15) is 17.3 Å². The summed E-state index contributed by atoms with van der Waals surface area (Å²) in [6, 6.07) is 11.8. The zero-order valence-electron chi connectivity index (χ0n) is 18.7. The Hall–Kier alpha value is -3.78. The van der Waals surface area contributed by atoms with Crippen molar-refractivity contribution in [3.8, 4) is 0 Å². The molecule has 1 aliphatic rings. The van der Waals surface area contributed by atoms with E-state index in [4.69, 9.17) is 4.74 Å². The van der Waals surface area contributed by atoms with E-state index < -0.39 is 18.0 Å². The van der Waals surface area contributed by atoms with Crippen molar-refractivity contribution >= 4 is 11.7 Å². The molecule has 2 heterocycles. The number of carboxylic acid groups (broad SMARTS) is 1. The normalized spacial score (nSPS) is 15.7. The van der Waals surface area contributed by atoms with E-state index in [0.29, 0.717) is 37.1 Å². The van der Waals surface area contributed by atoms with E-state index >= 15 is 0 Å². The molecule has 0 saturated heterocycles. The standard InChI is InChI=1S/C26H25F2N3O3/c1-30-17-29-16-23(30)14-15-34-24-13-6-19(5-2-18-3-7-20(27)8-4-18)25(26(32)33)31(24)22-11-9-21(28)10-12-22/h3-4,6-13,16-17,24H,2,5,14-15H2,1H3,(H,32,33). The van der Waals surface area contributed by atoms with Gasteiger partial charge in [-0.1, -0.05) is 18.2 Å². The van der Waals surface area contributed by atoms with Crippen LogP contribution in [0, 0.1) is 11.6 Å². The SMILES string of the molecule is Cn1cncc1CCOC1C=CC(CCc2ccc(F)cc2)=C(C(=O)O)N1c1ccc(F)cc1. The number of carboxylic acids is 1. The molecule has 8 heteroatoms. The number of nitrogens with zero attached hydrogens (tertiary/aromatic N) is 3. The Morgan fingerprint density at radius 2 is 1.71 bits per heavy atom. The Kier molecular flexibility index (Phi) is 7.18. The molecule has 1 unspecified atom stereocenters. The molecule has 0 radical (unpaired) electrons. The summed E-state index contributed by atoms with van der Waals surface area (Å²) in [7, 11) is 1.90. The fourth-order valence-electron chi connectivity index (χ4n) is 3.94. The number of hydrogen-bond acceptors (Lipinski definition) is 4. The molecule has 0 spiro atoms. The highest BCUT2D eigenvalue weighted by atomic mass is 19.1. The predicted molar refractivity (Wildman–Crippen MR) is 124 cm³/mol. The number of anilines is 1. The summed E-state index contributed by atoms with van der Waals surface area (Å²) in [4.78, 5) is 18.1. The van der Waals surface area contributed by atoms with E-state index in [2.05, 4.69) is 4.98 Å². The van der Waals surface area contributed by atoms with Crippen molar-refractivity contribution in [2.24, 2.45) is 7.05 Å². The van der Waals surface area contributed by atoms with Gasteiger partial charge in [-0.2, -0.15) is 0 Å². The van der Waals surface area contributed by atoms with E-state index in [1.165, 1.54) is 36.4 Å². The zero-order valence-corrected chi connectivity index (χ0v) is 18.7. The molecule has 0 aliphatic carbocycles. The number of benzene rings is 2. The van der Waals surface area contributed by atoms with Crippen LogP contribution < -0.4 is 4.90 Å². The predicted octanol–water partition coefficient (Wildman–Crippen LogP) is 4.63. The lowest BCUT2D eigenvalue weighted by molar-refractivity contribution is -0.133. The zero-order chi connectivity index (χ0) is 24.1. The van der Waals surface area contributed by atoms with Gasteiger partial charge in [-0.05, 0) is 66.5 Å². The molecule has 2 aromatic carbocycles. The number of rotatable bonds is 9. The Bertz CT molecular complexity index is 1200. The lowest BCUT2D eigenvalue weighted by Gasteiger charge is -2.35. The summed E-state index contributed by atoms with van der Waals surface area (Å²) in [6.45, 7) is 0.337. The Morgan fingerprint density at radius 3 is 2.32 bits per heavy atom. The molecule has 176 valence electrons. The van der Waals surface area contributed by atoms with Gasteiger partial charge < -0.3 is 19.3 Å². The summed E-state index contributed by atoms with van der Waals surface area (Å²) in [5.41, 5.74) is 3.07. The molecular formula is C26H25F2N3O3. The summed E-state index contributed by atoms with van der Waals surface area (Å²) in [5, 5.41) is 10.1. The van der Waals surface area contributed by atoms with E-state index in [9.17, 15) is 18.7 Å². The van der Waals surface area contributed by atoms with Crippen LogP contribution in [0.5, 0.6) is 0 Å². The molecule has 0 amide bonds. The van der Waals surface area contributed by atoms with Crippen LogP contribution in [0.4, 0.5) is 14.5 Å². The van der Waals surface area contributed by atoms with Gasteiger partial charge in [0.25, 0.3) is 0 Å². The van der Waals surface area contributed by atoms with E-state index in [0.717, 1.165) is 11.3 Å². The number of halogens is 2. The summed E-state index contributed by atoms with van der Waals surface area (Å²) in [6.07, 6.45) is 7.93. The summed E-state index contributed by atoms with van der Waals surface area (Å²) in [5.74, 6) is -1.84. The number of hydrogen-bond donors (Lipinski definition) is 1. The highest BCUT2D eigenvalue weighted by molar-refractivity contribution is 5.93. The van der Waals surface area contributed by atoms with Crippen LogP contribution in [0.2, 0.25) is 0 Å². The average molecular weight is 466 g/mol. The number of aliphatic carboxylic acids is 1. The molecule has 34 heavy (non-hydrogen) atoms. The first-order valence-electron chi connectivity index (χ1n) is 10.9. The maximum absolute atomic E-state index is 13.6. The van der Waals surface area contributed by atoms with Gasteiger partial charge in [-0.15, -0.1) is 0 Å². The topological polar surface area (TPSA) is 67.6 Å². The monoisotopic (exact) mass is 465 g/mol. The van der Waals surface area contributed by atoms with Crippen molar-refractivity contribution in [1.29, 1.82) is 0 Å². The fourth-order valence-corrected chi connectivity index (χ4v) is 3.94. The second-order valence-corrected chi connectivity index (χ2v) is 8.02. The molecule has 4 rings (SSSR count). The van der Waals surface area contributed by atoms with Crippen LogP contribution in [0.1, 0.15) is 17.7 Å². The number of carbonyl (C=O) groups is 1. The number of aromatic nitrogens is 2. The van der Waals surface area contributed by atoms with Gasteiger partial charge in [0, 0.05) is 31.0 Å². The molecule has 3 aromatic rings. The Morgan fingerprint density at radius 1 is 1.03 bits per heavy atom. The van der Waals surface area contributed by atoms with Gasteiger partial charge in [-0.25, -0.2) is 18.6 Å². The highest BCUT2D eigenvalue weighted by Crippen LogP contribution is 2.31. The summed E-state index contributed by atoms with van der Waals surface area (Å²) >= 11 is 0. The number of ether oxygens (including phenoxy) is 1. The van der Waals surface area contributed by atoms with Crippen LogP contribution >= 0.6 is 0 Å². The van der Waals surface area contributed by atoms with Crippen molar-refractivity contribution in [1.82, 2.24) is 9.55 Å². The molecule has 0 bridgehead atoms. The molecule has 1 aromatic heterocycles. The number of imidazole rings is 1. The second kappa shape index (κ2) is 10.4. The van der Waals surface area contributed by atoms with Crippen molar-refractivity contribution in [2.45, 2.75) is 25.5 Å². The van der Waals surface area contributed by atoms with Crippen LogP contribution in [0.3, 0.4) is 0 Å². The first kappa shape index (κ1) is 23.4. The van der Waals surface area contributed by atoms with Crippen molar-refractivity contribution in [3.05, 3.63) is 107 Å². The Balaban J connectivity index is 1.59. The first-order chi connectivity index (χ1) is 16.4. The first-order valence-corrected chi connectivity index (χ1v) is 10.9. The molecule has 6 nitrogen and oxygen atoms in total. The summed E-state index contributed by atoms with van der Waals surface area (Å²) < 4.78 is 34.8. The van der Waals surface area contributed by atoms with Gasteiger partial charge in [0.2, 0.25) is 0 Å². The number of allylic oxidation sites excluding steroid dienone is 2. The van der Waals surface area contributed by atoms with Crippen LogP contribution in [-0.2, 0) is 29.4 Å². The minimum absolute atomic E-state index is 0.0711. The van der Waals surface area contributed by atoms with E-state index in [1.807, 2.05) is 11.6 Å². The third kappa shape index (κ3) is 5.40. The lowest BCUT2D eigenvalue weighted by atomic mass is 9.98. The van der Waals surface area contributed by atoms with Crippen molar-refractivity contribution in [2.75, 3.05) is 11.5 Å². The van der Waals surface area contributed by atoms with Crippen LogP contribution in [0.15, 0.2) is 84.5 Å². The Labute approximate surface area is 196 Å². The van der Waals surface area contributed by atoms with Gasteiger partial charge in [0.15, 0.2) is 6.23 Å². The average Bonchev–Trinajstić information content (AvgIpc) is 3.24. The minimum Gasteiger partial charge on any atom is -0.477 e. The van der Waals surface area contributed by atoms with E-state index in [1.54, 1.807) is 41.7 Å². The highest BCUT2D eigenvalue weighted by Gasteiger charge is 2.31. The van der Waals surface area contributed by atoms with E-state index in [-0.39, 0.29) is 11.5 Å². The third-order valence-corrected chi connectivity index (χ3v) is 5.73. The second-order valence-electron chi connectivity index (χ2n) is 8.02. The molecule has 0 fully saturated rings. The van der Waals surface area contributed by atoms with Crippen molar-refractivity contribution in [3.63, 3.8) is 0 Å². The van der Waals surface area contributed by atoms with Crippen molar-refractivity contribution < 1.29 is 23.4 Å². The van der Waals surface area contributed by atoms with Crippen LogP contribution in [0.25, 0.3) is 0 Å². The molecule has 1 N–H and O–H groups in total. The van der Waals surface area contributed by atoms with Crippen LogP contribution in [-0.4, -0.2) is 33.5 Å². The smallest absolute Gasteiger partial charge is 0.352 e. The lowest BCUT2D eigenvalue weighted by Crippen LogP contribution is -2.41. The quantitative estimate of drug-likeness (QED) is 0.499. The maximum atomic E-state index is 13.6. The minimum atomic E-state index is -1.11. The third-order valence-electron chi connectivity index (χ3n) is 5.73. The molecule has 0 saturated carbocycles. The number of aryl methyl sites for hydroxylation is 2. The molecule has 1 aliphatic heterocycles.